The molecule has 0 saturated carbocycles. The van der Waals surface area contributed by atoms with Crippen LogP contribution in [0.15, 0.2) is 58.2 Å². The van der Waals surface area contributed by atoms with E-state index in [1.54, 1.807) is 0 Å². The van der Waals surface area contributed by atoms with Crippen molar-refractivity contribution in [1.29, 1.82) is 0 Å². The Balaban J connectivity index is 1.66. The van der Waals surface area contributed by atoms with Gasteiger partial charge in [0.15, 0.2) is 0 Å². The van der Waals surface area contributed by atoms with E-state index in [1.165, 1.54) is 17.3 Å². The Morgan fingerprint density at radius 1 is 1.11 bits per heavy atom. The van der Waals surface area contributed by atoms with Gasteiger partial charge >= 0.3 is 0 Å². The third-order valence-electron chi connectivity index (χ3n) is 4.71. The normalized spacial score (nSPS) is 13.1. The van der Waals surface area contributed by atoms with Gasteiger partial charge in [0.2, 0.25) is 11.8 Å². The molecule has 0 fully saturated rings. The van der Waals surface area contributed by atoms with Gasteiger partial charge in [-0.15, -0.1) is 10.2 Å². The summed E-state index contributed by atoms with van der Waals surface area (Å²) < 4.78 is 5.72. The van der Waals surface area contributed by atoms with E-state index in [0.717, 1.165) is 23.2 Å². The van der Waals surface area contributed by atoms with Crippen LogP contribution in [0.2, 0.25) is 0 Å². The molecule has 2 atom stereocenters. The molecule has 1 amide bonds. The van der Waals surface area contributed by atoms with E-state index in [9.17, 15) is 4.79 Å². The number of thioether (sulfide) groups is 1. The largest absolute Gasteiger partial charge is 0.411 e. The second-order valence-corrected chi connectivity index (χ2v) is 8.18. The van der Waals surface area contributed by atoms with E-state index < -0.39 is 0 Å². The minimum absolute atomic E-state index is 0.0872. The molecule has 0 bridgehead atoms. The van der Waals surface area contributed by atoms with Crippen molar-refractivity contribution in [3.63, 3.8) is 0 Å². The van der Waals surface area contributed by atoms with Crippen LogP contribution in [0.5, 0.6) is 0 Å². The average molecular weight is 396 g/mol. The number of hydrogen-bond acceptors (Lipinski definition) is 5. The van der Waals surface area contributed by atoms with Gasteiger partial charge < -0.3 is 9.73 Å². The fourth-order valence-electron chi connectivity index (χ4n) is 2.77. The zero-order valence-electron chi connectivity index (χ0n) is 16.6. The highest BCUT2D eigenvalue weighted by atomic mass is 32.2. The number of rotatable bonds is 7. The molecule has 1 N–H and O–H groups in total. The number of aromatic nitrogens is 2. The summed E-state index contributed by atoms with van der Waals surface area (Å²) in [6, 6.07) is 15.8. The summed E-state index contributed by atoms with van der Waals surface area (Å²) in [6.45, 7) is 8.16. The fraction of sp³-hybridized carbons (Fsp3) is 0.318. The summed E-state index contributed by atoms with van der Waals surface area (Å²) in [4.78, 5) is 12.7. The third-order valence-corrected chi connectivity index (χ3v) is 5.65. The molecule has 0 aliphatic carbocycles. The smallest absolute Gasteiger partial charge is 0.277 e. The lowest BCUT2D eigenvalue weighted by Gasteiger charge is -2.17. The quantitative estimate of drug-likeness (QED) is 0.521. The van der Waals surface area contributed by atoms with E-state index in [0.29, 0.717) is 17.0 Å². The molecule has 28 heavy (non-hydrogen) atoms. The number of hydrogen-bond donors (Lipinski definition) is 1. The lowest BCUT2D eigenvalue weighted by molar-refractivity contribution is -0.115. The van der Waals surface area contributed by atoms with Crippen molar-refractivity contribution < 1.29 is 9.21 Å². The molecule has 0 radical (unpaired) electrons. The Labute approximate surface area is 170 Å². The molecule has 1 aromatic heterocycles. The summed E-state index contributed by atoms with van der Waals surface area (Å²) in [6.07, 6.45) is 1.01. The highest BCUT2D eigenvalue weighted by Gasteiger charge is 2.20. The first-order valence-corrected chi connectivity index (χ1v) is 10.3. The highest BCUT2D eigenvalue weighted by molar-refractivity contribution is 8.00. The number of amides is 1. The van der Waals surface area contributed by atoms with Crippen molar-refractivity contribution in [3.8, 4) is 11.5 Å². The highest BCUT2D eigenvalue weighted by Crippen LogP contribution is 2.29. The molecule has 0 aliphatic heterocycles. The Kier molecular flexibility index (Phi) is 6.52. The second-order valence-electron chi connectivity index (χ2n) is 6.89. The van der Waals surface area contributed by atoms with Crippen LogP contribution in [0.4, 0.5) is 5.69 Å². The van der Waals surface area contributed by atoms with Crippen LogP contribution in [0.1, 0.15) is 44.2 Å². The fourth-order valence-corrected chi connectivity index (χ4v) is 3.45. The average Bonchev–Trinajstić information content (AvgIpc) is 3.16. The molecule has 146 valence electrons. The summed E-state index contributed by atoms with van der Waals surface area (Å²) >= 11 is 1.26. The van der Waals surface area contributed by atoms with Crippen LogP contribution in [0, 0.1) is 6.92 Å². The van der Waals surface area contributed by atoms with Gasteiger partial charge in [0.1, 0.15) is 0 Å². The molecule has 0 spiro atoms. The van der Waals surface area contributed by atoms with Gasteiger partial charge in [-0.3, -0.25) is 4.79 Å². The first kappa shape index (κ1) is 20.1. The topological polar surface area (TPSA) is 68.0 Å². The number of aryl methyl sites for hydroxylation is 1. The summed E-state index contributed by atoms with van der Waals surface area (Å²) in [5.74, 6) is 0.750. The number of nitrogens with zero attached hydrogens (tertiary/aromatic N) is 2. The van der Waals surface area contributed by atoms with Crippen LogP contribution in [-0.2, 0) is 4.79 Å². The molecule has 2 aromatic carbocycles. The van der Waals surface area contributed by atoms with Crippen molar-refractivity contribution in [3.05, 3.63) is 59.7 Å². The van der Waals surface area contributed by atoms with Gasteiger partial charge in [-0.1, -0.05) is 61.5 Å². The SMILES string of the molecule is CC[C@@H](C)c1ccccc1NC(=O)[C@@H](C)Sc1nnc(-c2ccc(C)cc2)o1. The Bertz CT molecular complexity index is 937. The summed E-state index contributed by atoms with van der Waals surface area (Å²) in [7, 11) is 0. The zero-order valence-corrected chi connectivity index (χ0v) is 17.4. The Morgan fingerprint density at radius 3 is 2.54 bits per heavy atom. The molecule has 0 saturated heterocycles. The first-order valence-electron chi connectivity index (χ1n) is 9.45. The molecule has 0 unspecified atom stereocenters. The van der Waals surface area contributed by atoms with Crippen LogP contribution in [-0.4, -0.2) is 21.4 Å². The molecule has 1 heterocycles. The van der Waals surface area contributed by atoms with Gasteiger partial charge in [-0.05, 0) is 49.9 Å². The monoisotopic (exact) mass is 395 g/mol. The molecule has 5 nitrogen and oxygen atoms in total. The van der Waals surface area contributed by atoms with Crippen LogP contribution in [0.25, 0.3) is 11.5 Å². The number of benzene rings is 2. The van der Waals surface area contributed by atoms with Crippen molar-refractivity contribution in [2.75, 3.05) is 5.32 Å². The molecule has 3 aromatic rings. The standard InChI is InChI=1S/C22H25N3O2S/c1-5-15(3)18-8-6-7-9-19(18)23-20(26)16(4)28-22-25-24-21(27-22)17-12-10-14(2)11-13-17/h6-13,15-16H,5H2,1-4H3,(H,23,26)/t15-,16-/m1/s1. The van der Waals surface area contributed by atoms with Gasteiger partial charge in [-0.2, -0.15) is 0 Å². The Hall–Kier alpha value is -2.60. The minimum atomic E-state index is -0.365. The van der Waals surface area contributed by atoms with E-state index in [4.69, 9.17) is 4.42 Å². The predicted octanol–water partition coefficient (Wildman–Crippen LogP) is 5.68. The summed E-state index contributed by atoms with van der Waals surface area (Å²) in [5, 5.41) is 11.2. The number of carbonyl (C=O) groups excluding carboxylic acids is 1. The van der Waals surface area contributed by atoms with Gasteiger partial charge in [0, 0.05) is 11.3 Å². The van der Waals surface area contributed by atoms with Crippen molar-refractivity contribution in [2.45, 2.75) is 50.5 Å². The van der Waals surface area contributed by atoms with Gasteiger partial charge in [-0.25, -0.2) is 0 Å². The second kappa shape index (κ2) is 9.06. The van der Waals surface area contributed by atoms with Crippen molar-refractivity contribution in [1.82, 2.24) is 10.2 Å². The molecule has 3 rings (SSSR count). The van der Waals surface area contributed by atoms with E-state index in [-0.39, 0.29) is 11.2 Å². The van der Waals surface area contributed by atoms with E-state index >= 15 is 0 Å². The zero-order chi connectivity index (χ0) is 20.1. The lowest BCUT2D eigenvalue weighted by atomic mass is 9.97. The molecular weight excluding hydrogens is 370 g/mol. The van der Waals surface area contributed by atoms with Crippen molar-refractivity contribution >= 4 is 23.4 Å². The van der Waals surface area contributed by atoms with Crippen molar-refractivity contribution in [2.24, 2.45) is 0 Å². The van der Waals surface area contributed by atoms with E-state index in [1.807, 2.05) is 56.3 Å². The minimum Gasteiger partial charge on any atom is -0.411 e. The van der Waals surface area contributed by atoms with Crippen LogP contribution in [0.3, 0.4) is 0 Å². The van der Waals surface area contributed by atoms with E-state index in [2.05, 4.69) is 35.4 Å². The van der Waals surface area contributed by atoms with Gasteiger partial charge in [0.05, 0.1) is 5.25 Å². The summed E-state index contributed by atoms with van der Waals surface area (Å²) in [5.41, 5.74) is 4.04. The van der Waals surface area contributed by atoms with Crippen LogP contribution < -0.4 is 5.32 Å². The third kappa shape index (κ3) is 4.81. The number of carbonyl (C=O) groups is 1. The predicted molar refractivity (Wildman–Crippen MR) is 114 cm³/mol. The maximum Gasteiger partial charge on any atom is 0.277 e. The maximum absolute atomic E-state index is 12.7. The maximum atomic E-state index is 12.7. The number of nitrogens with one attached hydrogen (secondary N) is 1. The number of anilines is 1. The molecule has 0 aliphatic rings. The molecular formula is C22H25N3O2S. The number of para-hydroxylation sites is 1. The lowest BCUT2D eigenvalue weighted by Crippen LogP contribution is -2.23. The van der Waals surface area contributed by atoms with Crippen LogP contribution >= 0.6 is 11.8 Å². The van der Waals surface area contributed by atoms with Gasteiger partial charge in [0.25, 0.3) is 5.22 Å². The first-order chi connectivity index (χ1) is 13.5. The Morgan fingerprint density at radius 2 is 1.82 bits per heavy atom. The molecule has 6 heteroatoms.